The van der Waals surface area contributed by atoms with E-state index in [1.807, 2.05) is 12.3 Å². The fourth-order valence-corrected chi connectivity index (χ4v) is 1.76. The third-order valence-electron chi connectivity index (χ3n) is 3.03. The number of aromatic nitrogens is 4. The molecule has 0 aliphatic carbocycles. The Morgan fingerprint density at radius 3 is 2.90 bits per heavy atom. The monoisotopic (exact) mass is 291 g/mol. The van der Waals surface area contributed by atoms with E-state index in [1.54, 1.807) is 10.9 Å². The maximum atomic E-state index is 11.9. The molecule has 112 valence electrons. The predicted molar refractivity (Wildman–Crippen MR) is 73.8 cm³/mol. The van der Waals surface area contributed by atoms with Crippen LogP contribution >= 0.6 is 0 Å². The van der Waals surface area contributed by atoms with Crippen molar-refractivity contribution < 1.29 is 14.7 Å². The average molecular weight is 291 g/mol. The van der Waals surface area contributed by atoms with Crippen molar-refractivity contribution in [2.24, 2.45) is 0 Å². The summed E-state index contributed by atoms with van der Waals surface area (Å²) in [6, 6.07) is 1.04. The van der Waals surface area contributed by atoms with E-state index in [-0.39, 0.29) is 5.91 Å². The summed E-state index contributed by atoms with van der Waals surface area (Å²) >= 11 is 0. The summed E-state index contributed by atoms with van der Waals surface area (Å²) in [5.41, 5.74) is 0.349. The Morgan fingerprint density at radius 2 is 2.24 bits per heavy atom. The van der Waals surface area contributed by atoms with Gasteiger partial charge >= 0.3 is 5.97 Å². The van der Waals surface area contributed by atoms with Gasteiger partial charge in [-0.15, -0.1) is 0 Å². The second-order valence-corrected chi connectivity index (χ2v) is 4.60. The zero-order valence-electron chi connectivity index (χ0n) is 11.6. The number of aryl methyl sites for hydroxylation is 1. The van der Waals surface area contributed by atoms with Crippen molar-refractivity contribution in [3.05, 3.63) is 36.4 Å². The van der Waals surface area contributed by atoms with Crippen molar-refractivity contribution in [1.82, 2.24) is 24.9 Å². The number of carboxylic acids is 1. The van der Waals surface area contributed by atoms with Gasteiger partial charge in [-0.05, 0) is 19.4 Å². The van der Waals surface area contributed by atoms with Crippen LogP contribution in [0.15, 0.2) is 30.9 Å². The summed E-state index contributed by atoms with van der Waals surface area (Å²) in [4.78, 5) is 22.7. The Bertz CT molecular complexity index is 605. The molecule has 8 heteroatoms. The van der Waals surface area contributed by atoms with Gasteiger partial charge in [-0.2, -0.15) is 10.2 Å². The average Bonchev–Trinajstić information content (AvgIpc) is 3.13. The van der Waals surface area contributed by atoms with Crippen molar-refractivity contribution in [3.63, 3.8) is 0 Å². The number of hydrogen-bond acceptors (Lipinski definition) is 4. The number of nitrogens with zero attached hydrogens (tertiary/aromatic N) is 4. The minimum absolute atomic E-state index is 0.265. The van der Waals surface area contributed by atoms with E-state index in [1.165, 1.54) is 24.0 Å². The Kier molecular flexibility index (Phi) is 4.70. The lowest BCUT2D eigenvalue weighted by Crippen LogP contribution is -2.25. The minimum Gasteiger partial charge on any atom is -0.480 e. The van der Waals surface area contributed by atoms with Crippen LogP contribution in [-0.2, 0) is 11.3 Å². The summed E-state index contributed by atoms with van der Waals surface area (Å²) in [7, 11) is 0. The van der Waals surface area contributed by atoms with Crippen LogP contribution in [0.25, 0.3) is 0 Å². The molecular formula is C13H17N5O3. The maximum Gasteiger partial charge on any atom is 0.328 e. The quantitative estimate of drug-likeness (QED) is 0.725. The highest BCUT2D eigenvalue weighted by Gasteiger charge is 2.16. The minimum atomic E-state index is -0.996. The zero-order chi connectivity index (χ0) is 15.2. The number of nitrogens with one attached hydrogen (secondary N) is 1. The number of carbonyl (C=O) groups excluding carboxylic acids is 1. The molecule has 0 aliphatic rings. The van der Waals surface area contributed by atoms with Gasteiger partial charge in [0.15, 0.2) is 0 Å². The molecule has 2 aromatic rings. The second-order valence-electron chi connectivity index (χ2n) is 4.60. The topological polar surface area (TPSA) is 102 Å². The van der Waals surface area contributed by atoms with E-state index in [2.05, 4.69) is 15.5 Å². The molecule has 1 atom stereocenters. The number of aliphatic carboxylic acids is 1. The van der Waals surface area contributed by atoms with E-state index in [9.17, 15) is 9.59 Å². The lowest BCUT2D eigenvalue weighted by Gasteiger charge is -2.05. The molecule has 8 nitrogen and oxygen atoms in total. The first-order valence-corrected chi connectivity index (χ1v) is 6.60. The van der Waals surface area contributed by atoms with Crippen molar-refractivity contribution in [1.29, 1.82) is 0 Å². The van der Waals surface area contributed by atoms with Gasteiger partial charge in [0.2, 0.25) is 0 Å². The lowest BCUT2D eigenvalue weighted by molar-refractivity contribution is -0.140. The number of carbonyl (C=O) groups is 2. The van der Waals surface area contributed by atoms with Gasteiger partial charge in [-0.25, -0.2) is 4.79 Å². The third-order valence-corrected chi connectivity index (χ3v) is 3.03. The first-order valence-electron chi connectivity index (χ1n) is 6.60. The Balaban J connectivity index is 1.79. The van der Waals surface area contributed by atoms with Crippen LogP contribution in [0.3, 0.4) is 0 Å². The molecule has 1 amide bonds. The molecular weight excluding hydrogens is 274 g/mol. The lowest BCUT2D eigenvalue weighted by atomic mass is 10.3. The van der Waals surface area contributed by atoms with E-state index < -0.39 is 12.0 Å². The highest BCUT2D eigenvalue weighted by Crippen LogP contribution is 2.06. The third kappa shape index (κ3) is 3.91. The van der Waals surface area contributed by atoms with Gasteiger partial charge in [-0.3, -0.25) is 14.2 Å². The highest BCUT2D eigenvalue weighted by atomic mass is 16.4. The standard InChI is InChI=1S/C13H17N5O3/c1-10(13(20)21)18-9-11(8-16-18)12(19)14-4-2-6-17-7-3-5-15-17/h3,5,7-10H,2,4,6H2,1H3,(H,14,19)(H,20,21). The van der Waals surface area contributed by atoms with Gasteiger partial charge in [0.1, 0.15) is 6.04 Å². The summed E-state index contributed by atoms with van der Waals surface area (Å²) in [5, 5.41) is 19.6. The SMILES string of the molecule is CC(C(=O)O)n1cc(C(=O)NCCCn2cccn2)cn1. The van der Waals surface area contributed by atoms with Gasteiger partial charge in [0, 0.05) is 31.7 Å². The van der Waals surface area contributed by atoms with Crippen LogP contribution in [0.1, 0.15) is 29.7 Å². The van der Waals surface area contributed by atoms with Crippen molar-refractivity contribution >= 4 is 11.9 Å². The zero-order valence-corrected chi connectivity index (χ0v) is 11.6. The Labute approximate surface area is 121 Å². The molecule has 0 saturated carbocycles. The summed E-state index contributed by atoms with van der Waals surface area (Å²) in [5.74, 6) is -1.26. The molecule has 21 heavy (non-hydrogen) atoms. The van der Waals surface area contributed by atoms with Gasteiger partial charge in [-0.1, -0.05) is 0 Å². The molecule has 2 aromatic heterocycles. The fourth-order valence-electron chi connectivity index (χ4n) is 1.76. The first kappa shape index (κ1) is 14.8. The van der Waals surface area contributed by atoms with E-state index in [4.69, 9.17) is 5.11 Å². The molecule has 0 aromatic carbocycles. The smallest absolute Gasteiger partial charge is 0.328 e. The Morgan fingerprint density at radius 1 is 1.43 bits per heavy atom. The van der Waals surface area contributed by atoms with E-state index >= 15 is 0 Å². The van der Waals surface area contributed by atoms with Crippen molar-refractivity contribution in [2.45, 2.75) is 25.9 Å². The van der Waals surface area contributed by atoms with E-state index in [0.717, 1.165) is 13.0 Å². The molecule has 0 radical (unpaired) electrons. The molecule has 2 rings (SSSR count). The predicted octanol–water partition coefficient (Wildman–Crippen LogP) is 0.545. The molecule has 2 heterocycles. The Hall–Kier alpha value is -2.64. The molecule has 0 aliphatic heterocycles. The number of hydrogen-bond donors (Lipinski definition) is 2. The molecule has 0 fully saturated rings. The number of carboxylic acid groups (broad SMARTS) is 1. The van der Waals surface area contributed by atoms with Crippen LogP contribution in [0, 0.1) is 0 Å². The van der Waals surface area contributed by atoms with Crippen molar-refractivity contribution in [3.8, 4) is 0 Å². The normalized spacial score (nSPS) is 12.0. The van der Waals surface area contributed by atoms with Gasteiger partial charge < -0.3 is 10.4 Å². The van der Waals surface area contributed by atoms with Gasteiger partial charge in [0.05, 0.1) is 11.8 Å². The fraction of sp³-hybridized carbons (Fsp3) is 0.385. The number of amides is 1. The summed E-state index contributed by atoms with van der Waals surface area (Å²) < 4.78 is 3.04. The molecule has 2 N–H and O–H groups in total. The van der Waals surface area contributed by atoms with Crippen molar-refractivity contribution in [2.75, 3.05) is 6.54 Å². The number of rotatable bonds is 7. The first-order chi connectivity index (χ1) is 10.1. The maximum absolute atomic E-state index is 11.9. The van der Waals surface area contributed by atoms with Gasteiger partial charge in [0.25, 0.3) is 5.91 Å². The van der Waals surface area contributed by atoms with Crippen LogP contribution in [-0.4, -0.2) is 43.1 Å². The van der Waals surface area contributed by atoms with Crippen LogP contribution in [0.2, 0.25) is 0 Å². The van der Waals surface area contributed by atoms with Crippen LogP contribution in [0.5, 0.6) is 0 Å². The van der Waals surface area contributed by atoms with Crippen LogP contribution in [0.4, 0.5) is 0 Å². The highest BCUT2D eigenvalue weighted by molar-refractivity contribution is 5.93. The largest absolute Gasteiger partial charge is 0.480 e. The van der Waals surface area contributed by atoms with E-state index in [0.29, 0.717) is 12.1 Å². The van der Waals surface area contributed by atoms with Crippen LogP contribution < -0.4 is 5.32 Å². The molecule has 1 unspecified atom stereocenters. The summed E-state index contributed by atoms with van der Waals surface area (Å²) in [6.07, 6.45) is 7.12. The molecule has 0 bridgehead atoms. The molecule has 0 saturated heterocycles. The second kappa shape index (κ2) is 6.69. The molecule has 0 spiro atoms. The summed E-state index contributed by atoms with van der Waals surface area (Å²) in [6.45, 7) is 2.74.